The number of allylic oxidation sites excluding steroid dienone is 5. The molecule has 0 radical (unpaired) electrons. The lowest BCUT2D eigenvalue weighted by Gasteiger charge is -2.23. The monoisotopic (exact) mass is 727 g/mol. The second kappa shape index (κ2) is 37.5. The summed E-state index contributed by atoms with van der Waals surface area (Å²) in [6, 6.07) is -0.879. The molecule has 5 N–H and O–H groups in total. The summed E-state index contributed by atoms with van der Waals surface area (Å²) in [5.41, 5.74) is 5.36. The minimum absolute atomic E-state index is 0.0724. The van der Waals surface area contributed by atoms with Gasteiger partial charge in [0.1, 0.15) is 0 Å². The van der Waals surface area contributed by atoms with Gasteiger partial charge >= 0.3 is 7.82 Å². The molecule has 0 aromatic rings. The Kier molecular flexibility index (Phi) is 36.5. The maximum absolute atomic E-state index is 12.7. The summed E-state index contributed by atoms with van der Waals surface area (Å²) in [6.07, 6.45) is 43.4. The molecule has 0 heterocycles. The van der Waals surface area contributed by atoms with E-state index in [4.69, 9.17) is 14.8 Å². The zero-order valence-corrected chi connectivity index (χ0v) is 33.3. The van der Waals surface area contributed by atoms with Crippen molar-refractivity contribution in [3.05, 3.63) is 36.5 Å². The predicted molar refractivity (Wildman–Crippen MR) is 212 cm³/mol. The number of phosphoric acid groups is 1. The van der Waals surface area contributed by atoms with Crippen LogP contribution in [0.5, 0.6) is 0 Å². The first-order chi connectivity index (χ1) is 24.4. The first-order valence-electron chi connectivity index (χ1n) is 20.6. The van der Waals surface area contributed by atoms with Crippen LogP contribution in [0.1, 0.15) is 187 Å². The topological polar surface area (TPSA) is 131 Å². The summed E-state index contributed by atoms with van der Waals surface area (Å²) in [4.78, 5) is 22.6. The van der Waals surface area contributed by atoms with E-state index in [1.54, 1.807) is 6.08 Å². The summed E-state index contributed by atoms with van der Waals surface area (Å²) < 4.78 is 22.0. The summed E-state index contributed by atoms with van der Waals surface area (Å²) in [7, 11) is -4.34. The molecule has 0 saturated carbocycles. The van der Waals surface area contributed by atoms with Crippen LogP contribution in [0.2, 0.25) is 0 Å². The van der Waals surface area contributed by atoms with E-state index in [0.717, 1.165) is 64.2 Å². The van der Waals surface area contributed by atoms with Crippen molar-refractivity contribution in [3.63, 3.8) is 0 Å². The fraction of sp³-hybridized carbons (Fsp3) is 0.829. The van der Waals surface area contributed by atoms with Gasteiger partial charge in [-0.1, -0.05) is 166 Å². The van der Waals surface area contributed by atoms with E-state index in [9.17, 15) is 19.4 Å². The van der Waals surface area contributed by atoms with Crippen molar-refractivity contribution >= 4 is 13.7 Å². The molecule has 3 atom stereocenters. The Morgan fingerprint density at radius 1 is 0.640 bits per heavy atom. The summed E-state index contributed by atoms with van der Waals surface area (Å²) in [5, 5.41) is 13.6. The van der Waals surface area contributed by atoms with E-state index in [1.165, 1.54) is 103 Å². The molecule has 3 unspecified atom stereocenters. The highest BCUT2D eigenvalue weighted by Crippen LogP contribution is 2.43. The molecule has 0 fully saturated rings. The Labute approximate surface area is 308 Å². The number of aliphatic hydroxyl groups excluding tert-OH is 1. The van der Waals surface area contributed by atoms with Gasteiger partial charge in [-0.2, -0.15) is 0 Å². The van der Waals surface area contributed by atoms with Crippen LogP contribution in [-0.2, 0) is 18.4 Å². The van der Waals surface area contributed by atoms with Crippen LogP contribution in [0.15, 0.2) is 36.5 Å². The predicted octanol–water partition coefficient (Wildman–Crippen LogP) is 11.2. The molecule has 0 aliphatic carbocycles. The van der Waals surface area contributed by atoms with Crippen LogP contribution in [-0.4, -0.2) is 47.8 Å². The zero-order valence-electron chi connectivity index (χ0n) is 32.4. The van der Waals surface area contributed by atoms with Gasteiger partial charge in [0, 0.05) is 13.0 Å². The maximum atomic E-state index is 12.7. The molecule has 294 valence electrons. The molecule has 50 heavy (non-hydrogen) atoms. The van der Waals surface area contributed by atoms with Crippen LogP contribution in [0.4, 0.5) is 0 Å². The van der Waals surface area contributed by atoms with Gasteiger partial charge in [-0.15, -0.1) is 0 Å². The van der Waals surface area contributed by atoms with Crippen LogP contribution < -0.4 is 11.1 Å². The molecule has 0 aromatic heterocycles. The Morgan fingerprint density at radius 2 is 1.08 bits per heavy atom. The number of unbranched alkanes of at least 4 members (excludes halogenated alkanes) is 22. The molecule has 8 nitrogen and oxygen atoms in total. The van der Waals surface area contributed by atoms with E-state index in [0.29, 0.717) is 6.42 Å². The summed E-state index contributed by atoms with van der Waals surface area (Å²) in [6.45, 7) is 4.06. The minimum Gasteiger partial charge on any atom is -0.387 e. The van der Waals surface area contributed by atoms with Crippen molar-refractivity contribution in [2.24, 2.45) is 5.73 Å². The molecule has 0 aliphatic heterocycles. The lowest BCUT2D eigenvalue weighted by Crippen LogP contribution is -2.45. The van der Waals surface area contributed by atoms with Crippen LogP contribution in [0.25, 0.3) is 0 Å². The molecule has 0 bridgehead atoms. The number of rotatable bonds is 38. The van der Waals surface area contributed by atoms with Crippen molar-refractivity contribution < 1.29 is 28.4 Å². The Bertz CT molecular complexity index is 881. The number of hydrogen-bond acceptors (Lipinski definition) is 6. The Morgan fingerprint density at radius 3 is 1.60 bits per heavy atom. The third-order valence-corrected chi connectivity index (χ3v) is 9.92. The molecule has 9 heteroatoms. The van der Waals surface area contributed by atoms with Gasteiger partial charge in [0.2, 0.25) is 5.91 Å². The Hall–Kier alpha value is -1.28. The highest BCUT2D eigenvalue weighted by molar-refractivity contribution is 7.47. The van der Waals surface area contributed by atoms with Crippen LogP contribution in [0.3, 0.4) is 0 Å². The van der Waals surface area contributed by atoms with Gasteiger partial charge in [0.15, 0.2) is 0 Å². The van der Waals surface area contributed by atoms with Crippen molar-refractivity contribution in [1.29, 1.82) is 0 Å². The van der Waals surface area contributed by atoms with E-state index < -0.39 is 20.0 Å². The maximum Gasteiger partial charge on any atom is 0.472 e. The van der Waals surface area contributed by atoms with Crippen LogP contribution in [0, 0.1) is 0 Å². The quantitative estimate of drug-likeness (QED) is 0.0283. The number of carbonyl (C=O) groups is 1. The third kappa shape index (κ3) is 35.1. The van der Waals surface area contributed by atoms with E-state index in [-0.39, 0.29) is 25.7 Å². The number of hydrogen-bond donors (Lipinski definition) is 4. The fourth-order valence-corrected chi connectivity index (χ4v) is 6.53. The molecule has 0 rings (SSSR count). The molecule has 0 aromatic carbocycles. The number of phosphoric ester groups is 1. The molecule has 0 aliphatic rings. The number of nitrogens with two attached hydrogens (primary N) is 1. The van der Waals surface area contributed by atoms with Crippen molar-refractivity contribution in [2.45, 2.75) is 199 Å². The smallest absolute Gasteiger partial charge is 0.387 e. The number of carbonyl (C=O) groups excluding carboxylic acids is 1. The van der Waals surface area contributed by atoms with Gasteiger partial charge in [-0.25, -0.2) is 4.57 Å². The number of aliphatic hydroxyl groups is 1. The standard InChI is InChI=1S/C41H79N2O6P/c1-3-5-7-9-11-13-15-16-17-18-19-20-21-22-23-25-26-28-30-32-34-40(44)39(38-49-50(46,47)48-37-36-42)43-41(45)35-33-31-29-27-24-14-12-10-8-6-4-2/h10,12,25-26,32,34,39-40,44H,3-9,11,13-24,27-31,33,35-38,42H2,1-2H3,(H,43,45)(H,46,47)/b12-10-,26-25+,34-32+. The van der Waals surface area contributed by atoms with E-state index >= 15 is 0 Å². The van der Waals surface area contributed by atoms with Crippen molar-refractivity contribution in [3.8, 4) is 0 Å². The van der Waals surface area contributed by atoms with Crippen molar-refractivity contribution in [2.75, 3.05) is 19.8 Å². The second-order valence-corrected chi connectivity index (χ2v) is 15.3. The first-order valence-corrected chi connectivity index (χ1v) is 22.1. The van der Waals surface area contributed by atoms with Crippen LogP contribution >= 0.6 is 7.82 Å². The number of amides is 1. The van der Waals surface area contributed by atoms with Gasteiger partial charge in [0.05, 0.1) is 25.4 Å². The molecule has 0 saturated heterocycles. The molecular weight excluding hydrogens is 647 g/mol. The first kappa shape index (κ1) is 48.7. The third-order valence-electron chi connectivity index (χ3n) is 8.94. The summed E-state index contributed by atoms with van der Waals surface area (Å²) in [5.74, 6) is -0.216. The van der Waals surface area contributed by atoms with Gasteiger partial charge in [-0.3, -0.25) is 13.8 Å². The lowest BCUT2D eigenvalue weighted by molar-refractivity contribution is -0.123. The van der Waals surface area contributed by atoms with Gasteiger partial charge < -0.3 is 21.1 Å². The number of nitrogens with one attached hydrogen (secondary N) is 1. The summed E-state index contributed by atoms with van der Waals surface area (Å²) >= 11 is 0. The molecule has 1 amide bonds. The Balaban J connectivity index is 4.27. The largest absolute Gasteiger partial charge is 0.472 e. The average Bonchev–Trinajstić information content (AvgIpc) is 3.10. The normalized spacial score (nSPS) is 14.6. The van der Waals surface area contributed by atoms with Crippen molar-refractivity contribution in [1.82, 2.24) is 5.32 Å². The second-order valence-electron chi connectivity index (χ2n) is 13.8. The average molecular weight is 727 g/mol. The molecular formula is C41H79N2O6P. The highest BCUT2D eigenvalue weighted by atomic mass is 31.2. The van der Waals surface area contributed by atoms with E-state index in [2.05, 4.69) is 43.5 Å². The zero-order chi connectivity index (χ0) is 36.8. The molecule has 0 spiro atoms. The minimum atomic E-state index is -4.34. The van der Waals surface area contributed by atoms with E-state index in [1.807, 2.05) is 6.08 Å². The lowest BCUT2D eigenvalue weighted by atomic mass is 10.0. The highest BCUT2D eigenvalue weighted by Gasteiger charge is 2.26. The van der Waals surface area contributed by atoms with Gasteiger partial charge in [0.25, 0.3) is 0 Å². The SMILES string of the molecule is CCCC/C=C\CCCCCCCC(=O)NC(COP(=O)(O)OCCN)C(O)/C=C/CC/C=C/CCCCCCCCCCCCCCCC. The fourth-order valence-electron chi connectivity index (χ4n) is 5.77. The van der Waals surface area contributed by atoms with Gasteiger partial charge in [-0.05, 0) is 51.4 Å².